The van der Waals surface area contributed by atoms with Crippen LogP contribution < -0.4 is 4.74 Å². The van der Waals surface area contributed by atoms with Crippen molar-refractivity contribution >= 4 is 17.4 Å². The third-order valence-electron chi connectivity index (χ3n) is 5.76. The summed E-state index contributed by atoms with van der Waals surface area (Å²) in [4.78, 5) is 30.1. The van der Waals surface area contributed by atoms with Gasteiger partial charge in [0.05, 0.1) is 12.2 Å². The molecule has 2 heterocycles. The van der Waals surface area contributed by atoms with Crippen LogP contribution in [-0.4, -0.2) is 41.3 Å². The summed E-state index contributed by atoms with van der Waals surface area (Å²) in [5, 5.41) is 0. The van der Waals surface area contributed by atoms with Gasteiger partial charge in [-0.3, -0.25) is 14.5 Å². The predicted molar refractivity (Wildman–Crippen MR) is 121 cm³/mol. The molecule has 0 aromatic heterocycles. The van der Waals surface area contributed by atoms with Crippen LogP contribution in [0.4, 0.5) is 0 Å². The molecule has 0 N–H and O–H groups in total. The smallest absolute Gasteiger partial charge is 0.277 e. The van der Waals surface area contributed by atoms with E-state index >= 15 is 0 Å². The van der Waals surface area contributed by atoms with E-state index in [1.807, 2.05) is 37.3 Å². The molecule has 2 aliphatic heterocycles. The van der Waals surface area contributed by atoms with Crippen molar-refractivity contribution in [3.8, 4) is 5.75 Å². The largest absolute Gasteiger partial charge is 0.493 e. The number of carbonyl (C=O) groups is 2. The minimum atomic E-state index is -0.198. The van der Waals surface area contributed by atoms with Gasteiger partial charge in [0.1, 0.15) is 11.4 Å². The number of amides is 2. The number of benzene rings is 2. The second kappa shape index (κ2) is 8.96. The Morgan fingerprint density at radius 1 is 0.968 bits per heavy atom. The van der Waals surface area contributed by atoms with Gasteiger partial charge in [-0.05, 0) is 47.6 Å². The number of rotatable bonds is 7. The van der Waals surface area contributed by atoms with Gasteiger partial charge in [0.15, 0.2) is 0 Å². The molecule has 0 saturated heterocycles. The fourth-order valence-electron chi connectivity index (χ4n) is 4.21. The quantitative estimate of drug-likeness (QED) is 0.630. The van der Waals surface area contributed by atoms with Crippen LogP contribution in [0.15, 0.2) is 54.2 Å². The van der Waals surface area contributed by atoms with E-state index in [1.165, 1.54) is 16.0 Å². The average Bonchev–Trinajstić information content (AvgIpc) is 3.03. The van der Waals surface area contributed by atoms with E-state index < -0.39 is 0 Å². The lowest BCUT2D eigenvalue weighted by atomic mass is 9.98. The topological polar surface area (TPSA) is 49.9 Å². The lowest BCUT2D eigenvalue weighted by molar-refractivity contribution is -0.137. The number of hydrogen-bond donors (Lipinski definition) is 0. The highest BCUT2D eigenvalue weighted by Crippen LogP contribution is 2.35. The Labute approximate surface area is 184 Å². The molecule has 0 saturated carbocycles. The van der Waals surface area contributed by atoms with Crippen LogP contribution in [0.5, 0.6) is 5.75 Å². The van der Waals surface area contributed by atoms with Crippen molar-refractivity contribution in [3.63, 3.8) is 0 Å². The molecule has 2 aromatic rings. The van der Waals surface area contributed by atoms with Crippen molar-refractivity contribution in [1.82, 2.24) is 9.80 Å². The molecule has 0 spiro atoms. The van der Waals surface area contributed by atoms with Crippen molar-refractivity contribution in [2.75, 3.05) is 19.7 Å². The molecule has 2 aliphatic rings. The maximum Gasteiger partial charge on any atom is 0.277 e. The second-order valence-corrected chi connectivity index (χ2v) is 8.66. The lowest BCUT2D eigenvalue weighted by Crippen LogP contribution is -2.37. The molecular formula is C26H30N2O3. The first kappa shape index (κ1) is 21.2. The van der Waals surface area contributed by atoms with Crippen LogP contribution >= 0.6 is 0 Å². The number of nitrogens with zero attached hydrogens (tertiary/aromatic N) is 2. The van der Waals surface area contributed by atoms with Gasteiger partial charge in [-0.1, -0.05) is 57.2 Å². The van der Waals surface area contributed by atoms with Crippen molar-refractivity contribution < 1.29 is 14.3 Å². The van der Waals surface area contributed by atoms with Crippen LogP contribution in [-0.2, 0) is 22.6 Å². The third kappa shape index (κ3) is 4.22. The van der Waals surface area contributed by atoms with Crippen molar-refractivity contribution in [2.24, 2.45) is 5.92 Å². The van der Waals surface area contributed by atoms with Crippen molar-refractivity contribution in [1.29, 1.82) is 0 Å². The Bertz CT molecular complexity index is 1010. The number of imide groups is 1. The van der Waals surface area contributed by atoms with E-state index in [1.54, 1.807) is 0 Å². The maximum atomic E-state index is 13.3. The van der Waals surface area contributed by atoms with Gasteiger partial charge in [-0.25, -0.2) is 0 Å². The zero-order chi connectivity index (χ0) is 22.0. The van der Waals surface area contributed by atoms with Crippen LogP contribution in [0.25, 0.3) is 5.57 Å². The zero-order valence-corrected chi connectivity index (χ0v) is 18.6. The molecule has 5 nitrogen and oxygen atoms in total. The highest BCUT2D eigenvalue weighted by molar-refractivity contribution is 6.35. The Kier molecular flexibility index (Phi) is 6.12. The van der Waals surface area contributed by atoms with Crippen LogP contribution in [0, 0.1) is 5.92 Å². The molecule has 5 heteroatoms. The van der Waals surface area contributed by atoms with E-state index in [2.05, 4.69) is 36.9 Å². The Morgan fingerprint density at radius 2 is 1.68 bits per heavy atom. The fourth-order valence-corrected chi connectivity index (χ4v) is 4.21. The molecule has 162 valence electrons. The molecule has 0 bridgehead atoms. The summed E-state index contributed by atoms with van der Waals surface area (Å²) in [5.74, 6) is 0.833. The first-order valence-corrected chi connectivity index (χ1v) is 11.1. The van der Waals surface area contributed by atoms with Crippen molar-refractivity contribution in [3.05, 3.63) is 70.9 Å². The molecule has 2 amide bonds. The van der Waals surface area contributed by atoms with Gasteiger partial charge in [0.2, 0.25) is 0 Å². The Hall–Kier alpha value is -3.08. The molecular weight excluding hydrogens is 388 g/mol. The predicted octanol–water partition coefficient (Wildman–Crippen LogP) is 4.27. The molecule has 0 fully saturated rings. The van der Waals surface area contributed by atoms with Crippen LogP contribution in [0.1, 0.15) is 43.9 Å². The molecule has 31 heavy (non-hydrogen) atoms. The maximum absolute atomic E-state index is 13.3. The summed E-state index contributed by atoms with van der Waals surface area (Å²) in [6, 6.07) is 15.9. The van der Waals surface area contributed by atoms with E-state index in [0.717, 1.165) is 30.7 Å². The van der Waals surface area contributed by atoms with Gasteiger partial charge in [0.25, 0.3) is 11.8 Å². The fraction of sp³-hybridized carbons (Fsp3) is 0.385. The summed E-state index contributed by atoms with van der Waals surface area (Å²) in [7, 11) is 0. The molecule has 0 radical (unpaired) electrons. The van der Waals surface area contributed by atoms with Gasteiger partial charge >= 0.3 is 0 Å². The summed E-state index contributed by atoms with van der Waals surface area (Å²) >= 11 is 0. The normalized spacial score (nSPS) is 16.4. The standard InChI is InChI=1S/C26H30N2O3/c1-4-14-28-25(29)23(20-9-11-22(12-10-20)31-17-18(2)3)24(26(28)30)27-15-13-19-7-5-6-8-21(19)16-27/h5-12,18H,4,13-17H2,1-3H3. The first-order chi connectivity index (χ1) is 15.0. The number of ether oxygens (including phenoxy) is 1. The summed E-state index contributed by atoms with van der Waals surface area (Å²) in [6.07, 6.45) is 1.60. The second-order valence-electron chi connectivity index (χ2n) is 8.66. The highest BCUT2D eigenvalue weighted by Gasteiger charge is 2.41. The summed E-state index contributed by atoms with van der Waals surface area (Å²) in [6.45, 7) is 8.64. The highest BCUT2D eigenvalue weighted by atomic mass is 16.5. The van der Waals surface area contributed by atoms with Crippen LogP contribution in [0.2, 0.25) is 0 Å². The van der Waals surface area contributed by atoms with E-state index in [4.69, 9.17) is 4.74 Å². The van der Waals surface area contributed by atoms with Gasteiger partial charge in [0, 0.05) is 19.6 Å². The van der Waals surface area contributed by atoms with E-state index in [-0.39, 0.29) is 11.8 Å². The number of carbonyl (C=O) groups excluding carboxylic acids is 2. The van der Waals surface area contributed by atoms with Gasteiger partial charge < -0.3 is 9.64 Å². The minimum Gasteiger partial charge on any atom is -0.493 e. The SMILES string of the molecule is CCCN1C(=O)C(c2ccc(OCC(C)C)cc2)=C(N2CCc3ccccc3C2)C1=O. The minimum absolute atomic E-state index is 0.179. The number of fused-ring (bicyclic) bond motifs is 1. The zero-order valence-electron chi connectivity index (χ0n) is 18.6. The van der Waals surface area contributed by atoms with E-state index in [0.29, 0.717) is 36.9 Å². The Morgan fingerprint density at radius 3 is 2.35 bits per heavy atom. The molecule has 0 unspecified atom stereocenters. The summed E-state index contributed by atoms with van der Waals surface area (Å²) < 4.78 is 5.79. The first-order valence-electron chi connectivity index (χ1n) is 11.1. The summed E-state index contributed by atoms with van der Waals surface area (Å²) in [5.41, 5.74) is 4.33. The Balaban J connectivity index is 1.69. The lowest BCUT2D eigenvalue weighted by Gasteiger charge is -2.31. The average molecular weight is 419 g/mol. The molecule has 2 aromatic carbocycles. The van der Waals surface area contributed by atoms with Crippen molar-refractivity contribution in [2.45, 2.75) is 40.2 Å². The van der Waals surface area contributed by atoms with Gasteiger partial charge in [-0.15, -0.1) is 0 Å². The monoisotopic (exact) mass is 418 g/mol. The molecule has 0 aliphatic carbocycles. The third-order valence-corrected chi connectivity index (χ3v) is 5.76. The molecule has 4 rings (SSSR count). The van der Waals surface area contributed by atoms with Crippen LogP contribution in [0.3, 0.4) is 0 Å². The van der Waals surface area contributed by atoms with E-state index in [9.17, 15) is 9.59 Å². The van der Waals surface area contributed by atoms with Gasteiger partial charge in [-0.2, -0.15) is 0 Å². The molecule has 0 atom stereocenters. The number of hydrogen-bond acceptors (Lipinski definition) is 4.